The van der Waals surface area contributed by atoms with Crippen LogP contribution in [0.25, 0.3) is 5.52 Å². The molecular weight excluding hydrogens is 369 g/mol. The maximum Gasteiger partial charge on any atom is 0.268 e. The lowest BCUT2D eigenvalue weighted by atomic mass is 10.2. The maximum atomic E-state index is 12.6. The second kappa shape index (κ2) is 6.47. The Morgan fingerprint density at radius 2 is 2.20 bits per heavy atom. The number of methoxy groups -OCH3 is 1. The summed E-state index contributed by atoms with van der Waals surface area (Å²) in [5.41, 5.74) is 0.0712. The lowest BCUT2D eigenvalue weighted by molar-refractivity contribution is 0.102. The van der Waals surface area contributed by atoms with Crippen molar-refractivity contribution in [3.05, 3.63) is 56.1 Å². The number of fused-ring (bicyclic) bond motifs is 1. The van der Waals surface area contributed by atoms with Gasteiger partial charge in [-0.15, -0.1) is 0 Å². The van der Waals surface area contributed by atoms with Crippen molar-refractivity contribution in [2.75, 3.05) is 12.4 Å². The van der Waals surface area contributed by atoms with E-state index >= 15 is 0 Å². The molecule has 0 bridgehead atoms. The van der Waals surface area contributed by atoms with E-state index in [0.29, 0.717) is 11.4 Å². The predicted octanol–water partition coefficient (Wildman–Crippen LogP) is 2.46. The van der Waals surface area contributed by atoms with E-state index in [9.17, 15) is 9.59 Å². The van der Waals surface area contributed by atoms with Crippen molar-refractivity contribution in [1.82, 2.24) is 14.6 Å². The molecule has 8 nitrogen and oxygen atoms in total. The van der Waals surface area contributed by atoms with Crippen molar-refractivity contribution in [3.8, 4) is 11.9 Å². The quantitative estimate of drug-likeness (QED) is 0.727. The fourth-order valence-electron chi connectivity index (χ4n) is 2.23. The van der Waals surface area contributed by atoms with E-state index in [1.54, 1.807) is 0 Å². The van der Waals surface area contributed by atoms with Crippen molar-refractivity contribution in [2.45, 2.75) is 0 Å². The SMILES string of the molecule is COc1ccc(C(=O)Nc2c(Cl)c[nH]c(=O)c2Cl)c2cc(C#N)nn12. The van der Waals surface area contributed by atoms with Crippen LogP contribution in [0.5, 0.6) is 5.88 Å². The van der Waals surface area contributed by atoms with Gasteiger partial charge in [0.2, 0.25) is 5.88 Å². The minimum absolute atomic E-state index is 0.00827. The number of rotatable bonds is 3. The summed E-state index contributed by atoms with van der Waals surface area (Å²) in [5.74, 6) is -0.230. The Kier molecular flexibility index (Phi) is 4.35. The van der Waals surface area contributed by atoms with E-state index in [0.717, 1.165) is 0 Å². The minimum Gasteiger partial charge on any atom is -0.481 e. The van der Waals surface area contributed by atoms with Crippen LogP contribution in [0.15, 0.2) is 29.2 Å². The lowest BCUT2D eigenvalue weighted by Gasteiger charge is -2.10. The zero-order chi connectivity index (χ0) is 18.1. The molecule has 0 aliphatic carbocycles. The summed E-state index contributed by atoms with van der Waals surface area (Å²) in [5, 5.41) is 15.4. The normalized spacial score (nSPS) is 10.5. The molecule has 0 aliphatic rings. The van der Waals surface area contributed by atoms with Gasteiger partial charge in [-0.05, 0) is 6.07 Å². The minimum atomic E-state index is -0.586. The Balaban J connectivity index is 2.10. The number of aromatic amines is 1. The molecule has 3 rings (SSSR count). The number of pyridine rings is 2. The van der Waals surface area contributed by atoms with E-state index in [2.05, 4.69) is 15.4 Å². The van der Waals surface area contributed by atoms with Crippen LogP contribution in [0.4, 0.5) is 5.69 Å². The molecule has 1 amide bonds. The molecule has 3 aromatic rings. The van der Waals surface area contributed by atoms with E-state index in [-0.39, 0.29) is 27.0 Å². The number of amides is 1. The molecule has 3 heterocycles. The summed E-state index contributed by atoms with van der Waals surface area (Å²) in [7, 11) is 1.44. The Labute approximate surface area is 150 Å². The zero-order valence-corrected chi connectivity index (χ0v) is 14.1. The van der Waals surface area contributed by atoms with Crippen molar-refractivity contribution in [1.29, 1.82) is 5.26 Å². The molecule has 0 saturated carbocycles. The van der Waals surface area contributed by atoms with Gasteiger partial charge in [0.25, 0.3) is 11.5 Å². The molecule has 10 heteroatoms. The average Bonchev–Trinajstić information content (AvgIpc) is 3.05. The molecule has 0 aliphatic heterocycles. The van der Waals surface area contributed by atoms with Gasteiger partial charge in [-0.1, -0.05) is 23.2 Å². The van der Waals surface area contributed by atoms with Crippen LogP contribution in [0.2, 0.25) is 10.0 Å². The summed E-state index contributed by atoms with van der Waals surface area (Å²) in [4.78, 5) is 26.6. The molecule has 0 spiro atoms. The van der Waals surface area contributed by atoms with Gasteiger partial charge >= 0.3 is 0 Å². The number of nitriles is 1. The van der Waals surface area contributed by atoms with Crippen molar-refractivity contribution in [3.63, 3.8) is 0 Å². The standard InChI is InChI=1S/C15H9Cl2N5O3/c1-25-11-3-2-8(10-4-7(5-18)21-22(10)11)14(23)20-13-9(16)6-19-15(24)12(13)17/h2-4,6H,1H3,(H2,19,20,23,24). The van der Waals surface area contributed by atoms with Gasteiger partial charge in [-0.3, -0.25) is 9.59 Å². The van der Waals surface area contributed by atoms with Crippen molar-refractivity contribution in [2.24, 2.45) is 0 Å². The summed E-state index contributed by atoms with van der Waals surface area (Å²) >= 11 is 11.9. The fourth-order valence-corrected chi connectivity index (χ4v) is 2.68. The summed E-state index contributed by atoms with van der Waals surface area (Å²) in [6.45, 7) is 0. The number of hydrogen-bond acceptors (Lipinski definition) is 5. The number of carbonyl (C=O) groups excluding carboxylic acids is 1. The molecule has 0 fully saturated rings. The smallest absolute Gasteiger partial charge is 0.268 e. The summed E-state index contributed by atoms with van der Waals surface area (Å²) in [6.07, 6.45) is 1.22. The molecular formula is C15H9Cl2N5O3. The van der Waals surface area contributed by atoms with E-state index in [4.69, 9.17) is 33.2 Å². The largest absolute Gasteiger partial charge is 0.481 e. The number of ether oxygens (including phenoxy) is 1. The first kappa shape index (κ1) is 16.8. The molecule has 0 unspecified atom stereocenters. The van der Waals surface area contributed by atoms with Crippen molar-refractivity contribution < 1.29 is 9.53 Å². The monoisotopic (exact) mass is 377 g/mol. The average molecular weight is 378 g/mol. The highest BCUT2D eigenvalue weighted by Crippen LogP contribution is 2.28. The molecule has 25 heavy (non-hydrogen) atoms. The van der Waals surface area contributed by atoms with Gasteiger partial charge in [0.05, 0.1) is 28.9 Å². The first-order chi connectivity index (χ1) is 12.0. The van der Waals surface area contributed by atoms with Gasteiger partial charge in [0, 0.05) is 18.3 Å². The Bertz CT molecular complexity index is 1100. The Morgan fingerprint density at radius 3 is 2.88 bits per heavy atom. The number of anilines is 1. The number of carbonyl (C=O) groups is 1. The fraction of sp³-hybridized carbons (Fsp3) is 0.0667. The van der Waals surface area contributed by atoms with E-state index < -0.39 is 11.5 Å². The Morgan fingerprint density at radius 1 is 1.44 bits per heavy atom. The lowest BCUT2D eigenvalue weighted by Crippen LogP contribution is -2.17. The highest BCUT2D eigenvalue weighted by atomic mass is 35.5. The van der Waals surface area contributed by atoms with Crippen LogP contribution in [-0.4, -0.2) is 27.6 Å². The van der Waals surface area contributed by atoms with Gasteiger partial charge < -0.3 is 15.0 Å². The number of hydrogen-bond donors (Lipinski definition) is 2. The first-order valence-electron chi connectivity index (χ1n) is 6.81. The van der Waals surface area contributed by atoms with Gasteiger partial charge in [0.1, 0.15) is 11.1 Å². The van der Waals surface area contributed by atoms with E-state index in [1.165, 1.54) is 36.0 Å². The van der Waals surface area contributed by atoms with Crippen LogP contribution < -0.4 is 15.6 Å². The van der Waals surface area contributed by atoms with Gasteiger partial charge in [0.15, 0.2) is 5.69 Å². The maximum absolute atomic E-state index is 12.6. The summed E-state index contributed by atoms with van der Waals surface area (Å²) < 4.78 is 6.49. The van der Waals surface area contributed by atoms with Crippen LogP contribution in [0.1, 0.15) is 16.1 Å². The third-order valence-corrected chi connectivity index (χ3v) is 4.04. The van der Waals surface area contributed by atoms with Crippen LogP contribution in [-0.2, 0) is 0 Å². The number of nitrogens with one attached hydrogen (secondary N) is 2. The van der Waals surface area contributed by atoms with Gasteiger partial charge in [-0.2, -0.15) is 14.9 Å². The molecule has 3 aromatic heterocycles. The second-order valence-electron chi connectivity index (χ2n) is 4.84. The zero-order valence-electron chi connectivity index (χ0n) is 12.6. The highest BCUT2D eigenvalue weighted by Gasteiger charge is 2.19. The van der Waals surface area contributed by atoms with Crippen LogP contribution in [0, 0.1) is 11.3 Å². The van der Waals surface area contributed by atoms with Gasteiger partial charge in [-0.25, -0.2) is 0 Å². The second-order valence-corrected chi connectivity index (χ2v) is 5.62. The molecule has 0 radical (unpaired) electrons. The third kappa shape index (κ3) is 2.91. The van der Waals surface area contributed by atoms with Crippen molar-refractivity contribution >= 4 is 40.3 Å². The molecule has 2 N–H and O–H groups in total. The highest BCUT2D eigenvalue weighted by molar-refractivity contribution is 6.39. The number of halogens is 2. The number of H-pyrrole nitrogens is 1. The summed E-state index contributed by atoms with van der Waals surface area (Å²) in [6, 6.07) is 6.37. The van der Waals surface area contributed by atoms with Crippen LogP contribution >= 0.6 is 23.2 Å². The van der Waals surface area contributed by atoms with E-state index in [1.807, 2.05) is 6.07 Å². The predicted molar refractivity (Wildman–Crippen MR) is 91.5 cm³/mol. The first-order valence-corrected chi connectivity index (χ1v) is 7.56. The topological polar surface area (TPSA) is 112 Å². The molecule has 0 aromatic carbocycles. The third-order valence-electron chi connectivity index (χ3n) is 3.38. The number of nitrogens with zero attached hydrogens (tertiary/aromatic N) is 3. The molecule has 126 valence electrons. The number of aromatic nitrogens is 3. The molecule has 0 atom stereocenters. The molecule has 0 saturated heterocycles. The van der Waals surface area contributed by atoms with Crippen LogP contribution in [0.3, 0.4) is 0 Å². The Hall–Kier alpha value is -3.02.